The Morgan fingerprint density at radius 2 is 1.72 bits per heavy atom. The van der Waals surface area contributed by atoms with E-state index in [-0.39, 0.29) is 18.7 Å². The Hall–Kier alpha value is -2.53. The van der Waals surface area contributed by atoms with Gasteiger partial charge in [-0.05, 0) is 37.2 Å². The van der Waals surface area contributed by atoms with Gasteiger partial charge in [0.2, 0.25) is 12.7 Å². The van der Waals surface area contributed by atoms with Crippen LogP contribution in [0.25, 0.3) is 0 Å². The van der Waals surface area contributed by atoms with Crippen molar-refractivity contribution < 1.29 is 14.3 Å². The molecule has 0 N–H and O–H groups in total. The maximum Gasteiger partial charge on any atom is 0.239 e. The lowest BCUT2D eigenvalue weighted by atomic mass is 10.1. The van der Waals surface area contributed by atoms with E-state index in [1.807, 2.05) is 74.4 Å². The van der Waals surface area contributed by atoms with Crippen LogP contribution in [0, 0.1) is 0 Å². The largest absolute Gasteiger partial charge is 0.454 e. The number of ether oxygens (including phenoxy) is 2. The summed E-state index contributed by atoms with van der Waals surface area (Å²) in [7, 11) is 3.81. The molecule has 0 saturated heterocycles. The zero-order valence-corrected chi connectivity index (χ0v) is 14.9. The van der Waals surface area contributed by atoms with Gasteiger partial charge in [0.05, 0.1) is 6.04 Å². The highest BCUT2D eigenvalue weighted by Gasteiger charge is 2.22. The van der Waals surface area contributed by atoms with Gasteiger partial charge < -0.3 is 14.4 Å². The van der Waals surface area contributed by atoms with E-state index in [1.54, 1.807) is 4.90 Å². The van der Waals surface area contributed by atoms with E-state index < -0.39 is 0 Å². The predicted molar refractivity (Wildman–Crippen MR) is 96.4 cm³/mol. The lowest BCUT2D eigenvalue weighted by molar-refractivity contribution is -0.135. The van der Waals surface area contributed by atoms with E-state index in [1.165, 1.54) is 0 Å². The summed E-state index contributed by atoms with van der Waals surface area (Å²) in [6.07, 6.45) is 0. The zero-order valence-electron chi connectivity index (χ0n) is 14.9. The number of nitrogens with zero attached hydrogens (tertiary/aromatic N) is 2. The van der Waals surface area contributed by atoms with Gasteiger partial charge in [-0.25, -0.2) is 0 Å². The van der Waals surface area contributed by atoms with Crippen LogP contribution >= 0.6 is 0 Å². The Morgan fingerprint density at radius 1 is 1.00 bits per heavy atom. The summed E-state index contributed by atoms with van der Waals surface area (Å²) in [5.41, 5.74) is 2.22. The van der Waals surface area contributed by atoms with Crippen molar-refractivity contribution in [3.63, 3.8) is 0 Å². The minimum atomic E-state index is -0.209. The number of carbonyl (C=O) groups excluding carboxylic acids is 1. The predicted octanol–water partition coefficient (Wildman–Crippen LogP) is 2.89. The maximum absolute atomic E-state index is 12.7. The van der Waals surface area contributed by atoms with Crippen molar-refractivity contribution in [2.75, 3.05) is 20.9 Å². The van der Waals surface area contributed by atoms with Crippen LogP contribution in [0.2, 0.25) is 0 Å². The second kappa shape index (κ2) is 7.57. The summed E-state index contributed by atoms with van der Waals surface area (Å²) < 4.78 is 10.8. The minimum absolute atomic E-state index is 0.104. The molecule has 1 aliphatic heterocycles. The fourth-order valence-electron chi connectivity index (χ4n) is 2.91. The molecule has 3 rings (SSSR count). The van der Waals surface area contributed by atoms with Gasteiger partial charge in [-0.3, -0.25) is 9.69 Å². The van der Waals surface area contributed by atoms with E-state index in [4.69, 9.17) is 9.47 Å². The highest BCUT2D eigenvalue weighted by molar-refractivity contribution is 5.81. The summed E-state index contributed by atoms with van der Waals surface area (Å²) in [5, 5.41) is 0. The molecule has 1 aliphatic rings. The molecule has 2 aromatic rings. The Labute approximate surface area is 148 Å². The summed E-state index contributed by atoms with van der Waals surface area (Å²) in [5.74, 6) is 1.65. The van der Waals surface area contributed by atoms with Crippen LogP contribution in [-0.4, -0.2) is 42.6 Å². The Morgan fingerprint density at radius 3 is 2.48 bits per heavy atom. The maximum atomic E-state index is 12.7. The molecule has 1 amide bonds. The van der Waals surface area contributed by atoms with Gasteiger partial charge in [-0.1, -0.05) is 36.4 Å². The first kappa shape index (κ1) is 17.3. The van der Waals surface area contributed by atoms with Crippen molar-refractivity contribution in [1.82, 2.24) is 9.80 Å². The molecule has 132 valence electrons. The molecule has 0 bridgehead atoms. The number of likely N-dealkylation sites (N-methyl/N-ethyl adjacent to an activating group) is 2. The molecule has 5 nitrogen and oxygen atoms in total. The van der Waals surface area contributed by atoms with E-state index in [2.05, 4.69) is 0 Å². The van der Waals surface area contributed by atoms with Gasteiger partial charge >= 0.3 is 0 Å². The molecular formula is C20H24N2O3. The third-order valence-electron chi connectivity index (χ3n) is 4.53. The number of amides is 1. The van der Waals surface area contributed by atoms with E-state index in [0.717, 1.165) is 22.6 Å². The normalized spacial score (nSPS) is 13.8. The van der Waals surface area contributed by atoms with E-state index in [9.17, 15) is 4.79 Å². The Bertz CT molecular complexity index is 733. The van der Waals surface area contributed by atoms with Crippen molar-refractivity contribution in [2.24, 2.45) is 0 Å². The molecule has 25 heavy (non-hydrogen) atoms. The Balaban J connectivity index is 1.59. The number of rotatable bonds is 6. The number of hydrogen-bond acceptors (Lipinski definition) is 4. The molecule has 0 aliphatic carbocycles. The molecule has 0 radical (unpaired) electrons. The lowest BCUT2D eigenvalue weighted by Gasteiger charge is -2.28. The average Bonchev–Trinajstić information content (AvgIpc) is 3.09. The summed E-state index contributed by atoms with van der Waals surface area (Å²) in [4.78, 5) is 16.5. The Kier molecular flexibility index (Phi) is 5.24. The SMILES string of the molecule is CC(C(=O)N(C)Cc1ccccc1)N(C)Cc1ccc2c(c1)OCO2. The van der Waals surface area contributed by atoms with Gasteiger partial charge in [-0.2, -0.15) is 0 Å². The van der Waals surface area contributed by atoms with Gasteiger partial charge in [-0.15, -0.1) is 0 Å². The first-order valence-electron chi connectivity index (χ1n) is 8.42. The van der Waals surface area contributed by atoms with Crippen LogP contribution in [0.5, 0.6) is 11.5 Å². The van der Waals surface area contributed by atoms with Crippen LogP contribution < -0.4 is 9.47 Å². The summed E-state index contributed by atoms with van der Waals surface area (Å²) in [6.45, 7) is 3.50. The van der Waals surface area contributed by atoms with Gasteiger partial charge in [0.25, 0.3) is 0 Å². The number of benzene rings is 2. The average molecular weight is 340 g/mol. The second-order valence-corrected chi connectivity index (χ2v) is 6.46. The van der Waals surface area contributed by atoms with Crippen LogP contribution in [0.15, 0.2) is 48.5 Å². The zero-order chi connectivity index (χ0) is 17.8. The summed E-state index contributed by atoms with van der Waals surface area (Å²) in [6, 6.07) is 15.7. The molecule has 1 heterocycles. The molecule has 2 aromatic carbocycles. The fraction of sp³-hybridized carbons (Fsp3) is 0.350. The molecule has 0 aromatic heterocycles. The first-order chi connectivity index (χ1) is 12.0. The van der Waals surface area contributed by atoms with Crippen molar-refractivity contribution in [1.29, 1.82) is 0 Å². The molecule has 5 heteroatoms. The summed E-state index contributed by atoms with van der Waals surface area (Å²) >= 11 is 0. The van der Waals surface area contributed by atoms with Crippen molar-refractivity contribution >= 4 is 5.91 Å². The van der Waals surface area contributed by atoms with Crippen molar-refractivity contribution in [3.05, 3.63) is 59.7 Å². The monoisotopic (exact) mass is 340 g/mol. The molecular weight excluding hydrogens is 316 g/mol. The van der Waals surface area contributed by atoms with Crippen LogP contribution in [0.1, 0.15) is 18.1 Å². The lowest BCUT2D eigenvalue weighted by Crippen LogP contribution is -2.43. The minimum Gasteiger partial charge on any atom is -0.454 e. The fourth-order valence-corrected chi connectivity index (χ4v) is 2.91. The second-order valence-electron chi connectivity index (χ2n) is 6.46. The number of carbonyl (C=O) groups is 1. The quantitative estimate of drug-likeness (QED) is 0.811. The smallest absolute Gasteiger partial charge is 0.239 e. The number of fused-ring (bicyclic) bond motifs is 1. The van der Waals surface area contributed by atoms with Crippen molar-refractivity contribution in [2.45, 2.75) is 26.1 Å². The van der Waals surface area contributed by atoms with Gasteiger partial charge in [0.15, 0.2) is 11.5 Å². The first-order valence-corrected chi connectivity index (χ1v) is 8.42. The van der Waals surface area contributed by atoms with E-state index >= 15 is 0 Å². The van der Waals surface area contributed by atoms with E-state index in [0.29, 0.717) is 13.1 Å². The van der Waals surface area contributed by atoms with Crippen molar-refractivity contribution in [3.8, 4) is 11.5 Å². The van der Waals surface area contributed by atoms with Crippen LogP contribution in [0.4, 0.5) is 0 Å². The van der Waals surface area contributed by atoms with Crippen LogP contribution in [0.3, 0.4) is 0 Å². The molecule has 1 atom stereocenters. The molecule has 0 spiro atoms. The van der Waals surface area contributed by atoms with Crippen LogP contribution in [-0.2, 0) is 17.9 Å². The van der Waals surface area contributed by atoms with Gasteiger partial charge in [0.1, 0.15) is 0 Å². The number of hydrogen-bond donors (Lipinski definition) is 0. The third kappa shape index (κ3) is 4.12. The topological polar surface area (TPSA) is 42.0 Å². The van der Waals surface area contributed by atoms with Gasteiger partial charge in [0, 0.05) is 20.1 Å². The molecule has 0 fully saturated rings. The third-order valence-corrected chi connectivity index (χ3v) is 4.53. The molecule has 0 saturated carbocycles. The molecule has 1 unspecified atom stereocenters. The highest BCUT2D eigenvalue weighted by Crippen LogP contribution is 2.32. The highest BCUT2D eigenvalue weighted by atomic mass is 16.7. The standard InChI is InChI=1S/C20H24N2O3/c1-15(20(23)22(3)12-16-7-5-4-6-8-16)21(2)13-17-9-10-18-19(11-17)25-14-24-18/h4-11,15H,12-14H2,1-3H3.